The van der Waals surface area contributed by atoms with Crippen molar-refractivity contribution in [2.45, 2.75) is 6.10 Å². The third kappa shape index (κ3) is 2.26. The number of hydrogen-bond acceptors (Lipinski definition) is 4. The number of hydrogen-bond donors (Lipinski definition) is 2. The Kier molecular flexibility index (Phi) is 2.96. The molecule has 1 atom stereocenters. The molecule has 80 valence electrons. The van der Waals surface area contributed by atoms with E-state index in [1.54, 1.807) is 0 Å². The molecule has 15 heavy (non-hydrogen) atoms. The largest absolute Gasteiger partial charge is 0.479 e. The van der Waals surface area contributed by atoms with E-state index in [2.05, 4.69) is 0 Å². The Balaban J connectivity index is 3.12. The molecule has 0 spiro atoms. The van der Waals surface area contributed by atoms with Gasteiger partial charge in [-0.1, -0.05) is 0 Å². The summed E-state index contributed by atoms with van der Waals surface area (Å²) in [6.07, 6.45) is -1.89. The summed E-state index contributed by atoms with van der Waals surface area (Å²) >= 11 is 0. The molecule has 0 aliphatic heterocycles. The van der Waals surface area contributed by atoms with Crippen molar-refractivity contribution in [3.05, 3.63) is 39.7 Å². The zero-order valence-electron chi connectivity index (χ0n) is 7.25. The van der Waals surface area contributed by atoms with E-state index in [9.17, 15) is 19.3 Å². The Morgan fingerprint density at radius 3 is 2.53 bits per heavy atom. The quantitative estimate of drug-likeness (QED) is 0.575. The fraction of sp³-hybridized carbons (Fsp3) is 0.125. The molecule has 0 radical (unpaired) electrons. The number of nitrogens with zero attached hydrogens (tertiary/aromatic N) is 1. The second-order valence-electron chi connectivity index (χ2n) is 2.71. The monoisotopic (exact) mass is 215 g/mol. The summed E-state index contributed by atoms with van der Waals surface area (Å²) < 4.78 is 13.0. The molecule has 0 amide bonds. The summed E-state index contributed by atoms with van der Waals surface area (Å²) in [7, 11) is 0. The normalized spacial score (nSPS) is 12.1. The third-order valence-electron chi connectivity index (χ3n) is 1.72. The lowest BCUT2D eigenvalue weighted by molar-refractivity contribution is -0.387. The molecule has 1 aromatic carbocycles. The summed E-state index contributed by atoms with van der Waals surface area (Å²) in [5.41, 5.74) is -1.01. The Morgan fingerprint density at radius 1 is 1.53 bits per heavy atom. The van der Waals surface area contributed by atoms with Crippen molar-refractivity contribution in [3.63, 3.8) is 0 Å². The first-order chi connectivity index (χ1) is 6.93. The van der Waals surface area contributed by atoms with Gasteiger partial charge >= 0.3 is 11.7 Å². The summed E-state index contributed by atoms with van der Waals surface area (Å²) in [5, 5.41) is 27.6. The van der Waals surface area contributed by atoms with Gasteiger partial charge in [-0.15, -0.1) is 0 Å². The zero-order chi connectivity index (χ0) is 11.6. The number of carboxylic acids is 1. The molecule has 0 aliphatic carbocycles. The number of benzene rings is 1. The second-order valence-corrected chi connectivity index (χ2v) is 2.71. The van der Waals surface area contributed by atoms with Crippen LogP contribution in [0.4, 0.5) is 10.1 Å². The lowest BCUT2D eigenvalue weighted by Gasteiger charge is -2.05. The van der Waals surface area contributed by atoms with Crippen LogP contribution >= 0.6 is 0 Å². The molecule has 6 nitrogen and oxygen atoms in total. The summed E-state index contributed by atoms with van der Waals surface area (Å²) in [5.74, 6) is -2.74. The second kappa shape index (κ2) is 4.01. The Hall–Kier alpha value is -2.02. The van der Waals surface area contributed by atoms with Crippen LogP contribution in [0.15, 0.2) is 18.2 Å². The van der Waals surface area contributed by atoms with Gasteiger partial charge in [0.1, 0.15) is 0 Å². The predicted molar refractivity (Wildman–Crippen MR) is 45.7 cm³/mol. The molecule has 1 aromatic rings. The number of aliphatic carboxylic acids is 1. The third-order valence-corrected chi connectivity index (χ3v) is 1.72. The Morgan fingerprint density at radius 2 is 2.13 bits per heavy atom. The van der Waals surface area contributed by atoms with E-state index in [0.29, 0.717) is 6.07 Å². The SMILES string of the molecule is O=C(O)[C@@H](O)c1ccc([N+](=O)[O-])c(F)c1. The summed E-state index contributed by atoms with van der Waals surface area (Å²) in [6, 6.07) is 2.41. The smallest absolute Gasteiger partial charge is 0.337 e. The highest BCUT2D eigenvalue weighted by Gasteiger charge is 2.20. The minimum Gasteiger partial charge on any atom is -0.479 e. The number of rotatable bonds is 3. The molecule has 1 rings (SSSR count). The zero-order valence-corrected chi connectivity index (χ0v) is 7.25. The standard InChI is InChI=1S/C8H6FNO5/c9-5-3-4(7(11)8(12)13)1-2-6(5)10(14)15/h1-3,7,11H,(H,12,13)/t7-/m0/s1. The molecule has 2 N–H and O–H groups in total. The van der Waals surface area contributed by atoms with E-state index in [1.807, 2.05) is 0 Å². The highest BCUT2D eigenvalue weighted by molar-refractivity contribution is 5.74. The van der Waals surface area contributed by atoms with Gasteiger partial charge in [-0.25, -0.2) is 4.79 Å². The molecule has 0 saturated heterocycles. The maximum atomic E-state index is 13.0. The van der Waals surface area contributed by atoms with Crippen LogP contribution in [0.3, 0.4) is 0 Å². The number of aliphatic hydroxyl groups excluding tert-OH is 1. The van der Waals surface area contributed by atoms with Crippen LogP contribution in [0.25, 0.3) is 0 Å². The van der Waals surface area contributed by atoms with Crippen molar-refractivity contribution in [2.75, 3.05) is 0 Å². The summed E-state index contributed by atoms with van der Waals surface area (Å²) in [6.45, 7) is 0. The molecule has 0 bridgehead atoms. The maximum Gasteiger partial charge on any atom is 0.337 e. The number of nitro benzene ring substituents is 1. The van der Waals surface area contributed by atoms with E-state index >= 15 is 0 Å². The van der Waals surface area contributed by atoms with E-state index < -0.39 is 28.5 Å². The van der Waals surface area contributed by atoms with Gasteiger partial charge in [0.2, 0.25) is 5.82 Å². The molecule has 0 saturated carbocycles. The van der Waals surface area contributed by atoms with E-state index in [1.165, 1.54) is 0 Å². The number of carbonyl (C=O) groups is 1. The van der Waals surface area contributed by atoms with Gasteiger partial charge < -0.3 is 10.2 Å². The van der Waals surface area contributed by atoms with Gasteiger partial charge in [0.15, 0.2) is 6.10 Å². The molecule has 0 aromatic heterocycles. The van der Waals surface area contributed by atoms with Crippen molar-refractivity contribution >= 4 is 11.7 Å². The molecule has 0 unspecified atom stereocenters. The molecule has 0 aliphatic rings. The first-order valence-corrected chi connectivity index (χ1v) is 3.78. The van der Waals surface area contributed by atoms with E-state index in [-0.39, 0.29) is 5.56 Å². The van der Waals surface area contributed by atoms with Gasteiger partial charge in [0.05, 0.1) is 4.92 Å². The van der Waals surface area contributed by atoms with Crippen molar-refractivity contribution in [1.82, 2.24) is 0 Å². The molecular formula is C8H6FNO5. The van der Waals surface area contributed by atoms with Crippen molar-refractivity contribution < 1.29 is 24.3 Å². The maximum absolute atomic E-state index is 13.0. The van der Waals surface area contributed by atoms with Crippen LogP contribution < -0.4 is 0 Å². The number of carboxylic acid groups (broad SMARTS) is 1. The lowest BCUT2D eigenvalue weighted by Crippen LogP contribution is -2.10. The highest BCUT2D eigenvalue weighted by atomic mass is 19.1. The van der Waals surface area contributed by atoms with Crippen LogP contribution in [0.1, 0.15) is 11.7 Å². The van der Waals surface area contributed by atoms with E-state index in [4.69, 9.17) is 10.2 Å². The highest BCUT2D eigenvalue weighted by Crippen LogP contribution is 2.21. The van der Waals surface area contributed by atoms with Crippen LogP contribution in [-0.4, -0.2) is 21.1 Å². The van der Waals surface area contributed by atoms with E-state index in [0.717, 1.165) is 12.1 Å². The average Bonchev–Trinajstić information content (AvgIpc) is 2.15. The van der Waals surface area contributed by atoms with Gasteiger partial charge in [-0.3, -0.25) is 10.1 Å². The molecular weight excluding hydrogens is 209 g/mol. The molecule has 0 heterocycles. The predicted octanol–water partition coefficient (Wildman–Crippen LogP) is 0.852. The fourth-order valence-corrected chi connectivity index (χ4v) is 0.984. The Bertz CT molecular complexity index is 419. The van der Waals surface area contributed by atoms with Crippen LogP contribution in [-0.2, 0) is 4.79 Å². The van der Waals surface area contributed by atoms with Crippen LogP contribution in [0.2, 0.25) is 0 Å². The van der Waals surface area contributed by atoms with Crippen molar-refractivity contribution in [1.29, 1.82) is 0 Å². The van der Waals surface area contributed by atoms with Crippen LogP contribution in [0.5, 0.6) is 0 Å². The number of halogens is 1. The topological polar surface area (TPSA) is 101 Å². The van der Waals surface area contributed by atoms with Crippen molar-refractivity contribution in [2.24, 2.45) is 0 Å². The average molecular weight is 215 g/mol. The van der Waals surface area contributed by atoms with Crippen molar-refractivity contribution in [3.8, 4) is 0 Å². The van der Waals surface area contributed by atoms with Gasteiger partial charge in [-0.2, -0.15) is 4.39 Å². The fourth-order valence-electron chi connectivity index (χ4n) is 0.984. The van der Waals surface area contributed by atoms with Gasteiger partial charge in [0, 0.05) is 6.07 Å². The molecule has 0 fully saturated rings. The number of aliphatic hydroxyl groups is 1. The van der Waals surface area contributed by atoms with Gasteiger partial charge in [0.25, 0.3) is 0 Å². The number of nitro groups is 1. The van der Waals surface area contributed by atoms with Crippen LogP contribution in [0, 0.1) is 15.9 Å². The first kappa shape index (κ1) is 11.1. The molecule has 7 heteroatoms. The summed E-state index contributed by atoms with van der Waals surface area (Å²) in [4.78, 5) is 19.6. The first-order valence-electron chi connectivity index (χ1n) is 3.78. The van der Waals surface area contributed by atoms with Gasteiger partial charge in [-0.05, 0) is 17.7 Å². The Labute approximate surface area is 82.7 Å². The minimum absolute atomic E-state index is 0.245. The lowest BCUT2D eigenvalue weighted by atomic mass is 10.1. The minimum atomic E-state index is -1.89.